The lowest BCUT2D eigenvalue weighted by molar-refractivity contribution is -0.361. The van der Waals surface area contributed by atoms with Gasteiger partial charge in [-0.2, -0.15) is 30.7 Å². The highest BCUT2D eigenvalue weighted by molar-refractivity contribution is 5.91. The number of esters is 2. The lowest BCUT2D eigenvalue weighted by Crippen LogP contribution is -2.54. The maximum Gasteiger partial charge on any atom is 0.459 e. The van der Waals surface area contributed by atoms with Crippen LogP contribution in [0.25, 0.3) is 11.1 Å². The fourth-order valence-electron chi connectivity index (χ4n) is 4.30. The minimum Gasteiger partial charge on any atom is -0.488 e. The molecule has 262 valence electrons. The summed E-state index contributed by atoms with van der Waals surface area (Å²) in [5.74, 6) is -14.6. The first kappa shape index (κ1) is 38.2. The SMILES string of the molecule is CCCCCC[C@H](C)OC(=O)c1ccc(-c2ccc(OC(=O)c3ccc(OCCOCC(F)(F)C(F)(F)C(F)(F)F)c(F)c3)cc2)cc1. The van der Waals surface area contributed by atoms with Gasteiger partial charge in [0.1, 0.15) is 19.0 Å². The molecule has 0 fully saturated rings. The molecule has 0 aliphatic heterocycles. The zero-order valence-corrected chi connectivity index (χ0v) is 26.1. The van der Waals surface area contributed by atoms with E-state index in [0.717, 1.165) is 61.4 Å². The molecule has 3 aromatic rings. The van der Waals surface area contributed by atoms with Crippen molar-refractivity contribution >= 4 is 11.9 Å². The molecule has 0 saturated heterocycles. The molecule has 14 heteroatoms. The van der Waals surface area contributed by atoms with Crippen LogP contribution in [0.5, 0.6) is 11.5 Å². The smallest absolute Gasteiger partial charge is 0.459 e. The Morgan fingerprint density at radius 2 is 1.35 bits per heavy atom. The largest absolute Gasteiger partial charge is 0.488 e. The molecular formula is C34H34F8O6. The average Bonchev–Trinajstić information content (AvgIpc) is 3.03. The van der Waals surface area contributed by atoms with E-state index in [2.05, 4.69) is 11.7 Å². The van der Waals surface area contributed by atoms with E-state index in [4.69, 9.17) is 14.2 Å². The summed E-state index contributed by atoms with van der Waals surface area (Å²) in [6, 6.07) is 16.1. The summed E-state index contributed by atoms with van der Waals surface area (Å²) in [6.07, 6.45) is -1.50. The van der Waals surface area contributed by atoms with E-state index in [-0.39, 0.29) is 17.4 Å². The van der Waals surface area contributed by atoms with E-state index in [0.29, 0.717) is 5.56 Å². The monoisotopic (exact) mass is 690 g/mol. The molecule has 3 aromatic carbocycles. The topological polar surface area (TPSA) is 71.1 Å². The normalized spacial score (nSPS) is 12.8. The van der Waals surface area contributed by atoms with Crippen molar-refractivity contribution in [2.24, 2.45) is 0 Å². The molecule has 0 saturated carbocycles. The zero-order chi connectivity index (χ0) is 35.5. The molecule has 3 rings (SSSR count). The van der Waals surface area contributed by atoms with Gasteiger partial charge in [0.15, 0.2) is 11.6 Å². The second-order valence-electron chi connectivity index (χ2n) is 10.9. The van der Waals surface area contributed by atoms with Crippen molar-refractivity contribution in [3.63, 3.8) is 0 Å². The van der Waals surface area contributed by atoms with Crippen LogP contribution in [-0.2, 0) is 9.47 Å². The third-order valence-corrected chi connectivity index (χ3v) is 7.04. The highest BCUT2D eigenvalue weighted by atomic mass is 19.4. The Morgan fingerprint density at radius 1 is 0.750 bits per heavy atom. The molecule has 0 amide bonds. The van der Waals surface area contributed by atoms with Crippen LogP contribution in [0.3, 0.4) is 0 Å². The first-order valence-corrected chi connectivity index (χ1v) is 15.0. The molecule has 0 bridgehead atoms. The molecule has 0 radical (unpaired) electrons. The number of unbranched alkanes of at least 4 members (excludes halogenated alkanes) is 3. The van der Waals surface area contributed by atoms with Gasteiger partial charge in [0.25, 0.3) is 0 Å². The Kier molecular flexibility index (Phi) is 13.4. The Morgan fingerprint density at radius 3 is 1.94 bits per heavy atom. The molecule has 0 aliphatic rings. The lowest BCUT2D eigenvalue weighted by Gasteiger charge is -2.27. The number of hydrogen-bond donors (Lipinski definition) is 0. The van der Waals surface area contributed by atoms with E-state index in [1.54, 1.807) is 36.4 Å². The van der Waals surface area contributed by atoms with Crippen LogP contribution in [0.4, 0.5) is 35.1 Å². The molecule has 0 spiro atoms. The second-order valence-corrected chi connectivity index (χ2v) is 10.9. The number of ether oxygens (including phenoxy) is 4. The van der Waals surface area contributed by atoms with Crippen LogP contribution in [0, 0.1) is 5.82 Å². The van der Waals surface area contributed by atoms with Gasteiger partial charge in [-0.05, 0) is 73.4 Å². The van der Waals surface area contributed by atoms with Crippen molar-refractivity contribution in [1.82, 2.24) is 0 Å². The number of hydrogen-bond acceptors (Lipinski definition) is 6. The van der Waals surface area contributed by atoms with E-state index in [1.165, 1.54) is 12.1 Å². The minimum atomic E-state index is -6.48. The van der Waals surface area contributed by atoms with Gasteiger partial charge < -0.3 is 18.9 Å². The highest BCUT2D eigenvalue weighted by Crippen LogP contribution is 2.46. The van der Waals surface area contributed by atoms with Gasteiger partial charge >= 0.3 is 30.0 Å². The van der Waals surface area contributed by atoms with E-state index >= 15 is 0 Å². The van der Waals surface area contributed by atoms with Gasteiger partial charge in [0.2, 0.25) is 0 Å². The number of carbonyl (C=O) groups excluding carboxylic acids is 2. The first-order valence-electron chi connectivity index (χ1n) is 15.0. The van der Waals surface area contributed by atoms with Crippen LogP contribution in [-0.4, -0.2) is 55.9 Å². The minimum absolute atomic E-state index is 0.141. The molecule has 0 aliphatic carbocycles. The van der Waals surface area contributed by atoms with Crippen molar-refractivity contribution in [3.8, 4) is 22.6 Å². The van der Waals surface area contributed by atoms with Crippen molar-refractivity contribution in [2.75, 3.05) is 19.8 Å². The van der Waals surface area contributed by atoms with Gasteiger partial charge in [-0.25, -0.2) is 14.0 Å². The van der Waals surface area contributed by atoms with Crippen molar-refractivity contribution in [3.05, 3.63) is 83.7 Å². The molecule has 0 aromatic heterocycles. The summed E-state index contributed by atoms with van der Waals surface area (Å²) < 4.78 is 123. The second kappa shape index (κ2) is 16.8. The first-order chi connectivity index (χ1) is 22.6. The molecule has 0 heterocycles. The Labute approximate surface area is 271 Å². The predicted molar refractivity (Wildman–Crippen MR) is 159 cm³/mol. The molecule has 0 unspecified atom stereocenters. The fourth-order valence-corrected chi connectivity index (χ4v) is 4.30. The number of halogens is 8. The van der Waals surface area contributed by atoms with Crippen molar-refractivity contribution in [2.45, 2.75) is 70.1 Å². The molecular weight excluding hydrogens is 656 g/mol. The van der Waals surface area contributed by atoms with Gasteiger partial charge in [-0.3, -0.25) is 0 Å². The molecule has 0 N–H and O–H groups in total. The Bertz CT molecular complexity index is 1490. The van der Waals surface area contributed by atoms with Crippen LogP contribution in [0.2, 0.25) is 0 Å². The third kappa shape index (κ3) is 10.4. The average molecular weight is 691 g/mol. The maximum absolute atomic E-state index is 14.4. The van der Waals surface area contributed by atoms with Gasteiger partial charge in [-0.15, -0.1) is 0 Å². The van der Waals surface area contributed by atoms with Gasteiger partial charge in [0.05, 0.1) is 23.8 Å². The lowest BCUT2D eigenvalue weighted by atomic mass is 10.0. The standard InChI is InChI=1S/C34H34F8O6/c1-3-4-5-6-7-22(2)47-30(43)25-10-8-23(9-11-25)24-12-15-27(16-13-24)48-31(44)26-14-17-29(28(35)20-26)46-19-18-45-21-32(36,37)33(38,39)34(40,41)42/h8-17,20,22H,3-7,18-19,21H2,1-2H3/t22-/m0/s1. The quantitative estimate of drug-likeness (QED) is 0.0609. The zero-order valence-electron chi connectivity index (χ0n) is 26.1. The molecule has 6 nitrogen and oxygen atoms in total. The summed E-state index contributed by atoms with van der Waals surface area (Å²) in [5, 5.41) is 0. The molecule has 48 heavy (non-hydrogen) atoms. The van der Waals surface area contributed by atoms with Gasteiger partial charge in [0, 0.05) is 0 Å². The van der Waals surface area contributed by atoms with E-state index in [9.17, 15) is 44.7 Å². The highest BCUT2D eigenvalue weighted by Gasteiger charge is 2.73. The summed E-state index contributed by atoms with van der Waals surface area (Å²) in [7, 11) is 0. The van der Waals surface area contributed by atoms with Crippen LogP contribution in [0.15, 0.2) is 66.7 Å². The van der Waals surface area contributed by atoms with E-state index in [1.807, 2.05) is 6.92 Å². The van der Waals surface area contributed by atoms with Crippen molar-refractivity contribution < 1.29 is 63.7 Å². The third-order valence-electron chi connectivity index (χ3n) is 7.04. The molecule has 1 atom stereocenters. The maximum atomic E-state index is 14.4. The summed E-state index contributed by atoms with van der Waals surface area (Å²) in [5.41, 5.74) is 1.74. The van der Waals surface area contributed by atoms with Gasteiger partial charge in [-0.1, -0.05) is 50.5 Å². The summed E-state index contributed by atoms with van der Waals surface area (Å²) in [4.78, 5) is 25.0. The Hall–Kier alpha value is -4.20. The van der Waals surface area contributed by atoms with Crippen molar-refractivity contribution in [1.29, 1.82) is 0 Å². The summed E-state index contributed by atoms with van der Waals surface area (Å²) >= 11 is 0. The predicted octanol–water partition coefficient (Wildman–Crippen LogP) is 9.46. The van der Waals surface area contributed by atoms with Crippen LogP contribution in [0.1, 0.15) is 66.7 Å². The van der Waals surface area contributed by atoms with Crippen LogP contribution >= 0.6 is 0 Å². The number of carbonyl (C=O) groups is 2. The fraction of sp³-hybridized carbons (Fsp3) is 0.412. The van der Waals surface area contributed by atoms with Crippen LogP contribution < -0.4 is 9.47 Å². The number of alkyl halides is 7. The Balaban J connectivity index is 1.48. The van der Waals surface area contributed by atoms with E-state index < -0.39 is 61.3 Å². The summed E-state index contributed by atoms with van der Waals surface area (Å²) in [6.45, 7) is 0.211. The number of benzene rings is 3. The number of rotatable bonds is 17.